The van der Waals surface area contributed by atoms with Crippen molar-refractivity contribution in [2.24, 2.45) is 0 Å². The molecule has 0 aliphatic carbocycles. The largest absolute Gasteiger partial charge is 0.497 e. The van der Waals surface area contributed by atoms with Crippen molar-refractivity contribution in [2.75, 3.05) is 13.7 Å². The maximum atomic E-state index is 12.1. The number of benzene rings is 1. The summed E-state index contributed by atoms with van der Waals surface area (Å²) in [6, 6.07) is 5.28. The second-order valence-electron chi connectivity index (χ2n) is 6.10. The summed E-state index contributed by atoms with van der Waals surface area (Å²) < 4.78 is 15.2. The summed E-state index contributed by atoms with van der Waals surface area (Å²) in [5.41, 5.74) is -0.326. The van der Waals surface area contributed by atoms with Crippen molar-refractivity contribution < 1.29 is 28.9 Å². The highest BCUT2D eigenvalue weighted by Gasteiger charge is 2.32. The molecule has 0 saturated heterocycles. The molecule has 0 spiro atoms. The predicted octanol–water partition coefficient (Wildman–Crippen LogP) is 2.18. The lowest BCUT2D eigenvalue weighted by atomic mass is 10.0. The Morgan fingerprint density at radius 2 is 1.96 bits per heavy atom. The lowest BCUT2D eigenvalue weighted by molar-refractivity contribution is -0.148. The van der Waals surface area contributed by atoms with Crippen LogP contribution in [0.5, 0.6) is 5.75 Å². The summed E-state index contributed by atoms with van der Waals surface area (Å²) in [5, 5.41) is 12.9. The van der Waals surface area contributed by atoms with Crippen LogP contribution < -0.4 is 10.1 Å². The number of carbonyl (C=O) groups excluding carboxylic acids is 2. The normalized spacial score (nSPS) is 13.6. The fourth-order valence-electron chi connectivity index (χ4n) is 1.95. The van der Waals surface area contributed by atoms with Gasteiger partial charge in [-0.1, -0.05) is 12.1 Å². The van der Waals surface area contributed by atoms with E-state index < -0.39 is 29.8 Å². The van der Waals surface area contributed by atoms with E-state index in [2.05, 4.69) is 5.32 Å². The molecule has 0 aliphatic heterocycles. The first kappa shape index (κ1) is 19.8. The van der Waals surface area contributed by atoms with E-state index in [0.29, 0.717) is 11.3 Å². The minimum Gasteiger partial charge on any atom is -0.497 e. The molecule has 1 aromatic carbocycles. The molecule has 7 nitrogen and oxygen atoms in total. The van der Waals surface area contributed by atoms with Gasteiger partial charge < -0.3 is 24.6 Å². The summed E-state index contributed by atoms with van der Waals surface area (Å²) >= 11 is 0. The third kappa shape index (κ3) is 6.08. The first-order valence-corrected chi connectivity index (χ1v) is 7.66. The van der Waals surface area contributed by atoms with E-state index in [1.807, 2.05) is 0 Å². The Kier molecular flexibility index (Phi) is 7.03. The van der Waals surface area contributed by atoms with Gasteiger partial charge in [0.2, 0.25) is 0 Å². The average molecular weight is 339 g/mol. The summed E-state index contributed by atoms with van der Waals surface area (Å²) in [6.45, 7) is 6.86. The maximum Gasteiger partial charge on any atom is 0.408 e. The lowest BCUT2D eigenvalue weighted by Crippen LogP contribution is -2.47. The first-order chi connectivity index (χ1) is 11.2. The fourth-order valence-corrected chi connectivity index (χ4v) is 1.95. The summed E-state index contributed by atoms with van der Waals surface area (Å²) in [6.07, 6.45) is -2.13. The van der Waals surface area contributed by atoms with Gasteiger partial charge in [0.05, 0.1) is 13.7 Å². The van der Waals surface area contributed by atoms with E-state index in [9.17, 15) is 14.7 Å². The van der Waals surface area contributed by atoms with Crippen LogP contribution in [0.3, 0.4) is 0 Å². The van der Waals surface area contributed by atoms with E-state index in [0.717, 1.165) is 0 Å². The van der Waals surface area contributed by atoms with Crippen LogP contribution in [0.1, 0.15) is 39.4 Å². The number of amides is 1. The topological polar surface area (TPSA) is 94.1 Å². The number of methoxy groups -OCH3 is 1. The van der Waals surface area contributed by atoms with Crippen LogP contribution in [0.2, 0.25) is 0 Å². The van der Waals surface area contributed by atoms with Crippen LogP contribution in [0.15, 0.2) is 24.3 Å². The quantitative estimate of drug-likeness (QED) is 0.772. The van der Waals surface area contributed by atoms with Gasteiger partial charge in [-0.15, -0.1) is 0 Å². The van der Waals surface area contributed by atoms with Crippen LogP contribution in [0.4, 0.5) is 4.79 Å². The minimum absolute atomic E-state index is 0.121. The van der Waals surface area contributed by atoms with Gasteiger partial charge in [0.25, 0.3) is 0 Å². The van der Waals surface area contributed by atoms with Crippen molar-refractivity contribution in [3.63, 3.8) is 0 Å². The number of ether oxygens (including phenoxy) is 3. The number of rotatable bonds is 6. The molecule has 0 unspecified atom stereocenters. The highest BCUT2D eigenvalue weighted by atomic mass is 16.6. The Labute approximate surface area is 141 Å². The SMILES string of the molecule is CCOC(=O)[C@H](NC(=O)OC(C)(C)C)[C@@H](O)c1cccc(OC)c1. The zero-order valence-corrected chi connectivity index (χ0v) is 14.7. The average Bonchev–Trinajstić information content (AvgIpc) is 2.50. The molecule has 0 aromatic heterocycles. The second-order valence-corrected chi connectivity index (χ2v) is 6.10. The highest BCUT2D eigenvalue weighted by molar-refractivity contribution is 5.82. The molecule has 2 N–H and O–H groups in total. The number of alkyl carbamates (subject to hydrolysis) is 1. The van der Waals surface area contributed by atoms with Crippen molar-refractivity contribution in [3.05, 3.63) is 29.8 Å². The molecule has 1 rings (SSSR count). The molecule has 134 valence electrons. The van der Waals surface area contributed by atoms with Gasteiger partial charge in [-0.2, -0.15) is 0 Å². The summed E-state index contributed by atoms with van der Waals surface area (Å²) in [4.78, 5) is 24.1. The molecule has 1 amide bonds. The molecule has 0 aliphatic rings. The Morgan fingerprint density at radius 3 is 2.50 bits per heavy atom. The Hall–Kier alpha value is -2.28. The van der Waals surface area contributed by atoms with E-state index in [1.54, 1.807) is 52.0 Å². The molecule has 0 bridgehead atoms. The number of aliphatic hydroxyl groups excluding tert-OH is 1. The van der Waals surface area contributed by atoms with Crippen molar-refractivity contribution in [1.82, 2.24) is 5.32 Å². The Bertz CT molecular complexity index is 566. The molecule has 1 aromatic rings. The summed E-state index contributed by atoms with van der Waals surface area (Å²) in [7, 11) is 1.49. The second kappa shape index (κ2) is 8.54. The number of nitrogens with one attached hydrogen (secondary N) is 1. The van der Waals surface area contributed by atoms with Gasteiger partial charge in [0.15, 0.2) is 6.04 Å². The van der Waals surface area contributed by atoms with Gasteiger partial charge in [0.1, 0.15) is 17.5 Å². The molecule has 0 heterocycles. The van der Waals surface area contributed by atoms with Crippen molar-refractivity contribution in [2.45, 2.75) is 45.4 Å². The van der Waals surface area contributed by atoms with E-state index >= 15 is 0 Å². The van der Waals surface area contributed by atoms with Crippen molar-refractivity contribution in [3.8, 4) is 5.75 Å². The fraction of sp³-hybridized carbons (Fsp3) is 0.529. The van der Waals surface area contributed by atoms with Crippen LogP contribution in [-0.2, 0) is 14.3 Å². The van der Waals surface area contributed by atoms with Crippen LogP contribution in [-0.4, -0.2) is 42.5 Å². The zero-order chi connectivity index (χ0) is 18.3. The highest BCUT2D eigenvalue weighted by Crippen LogP contribution is 2.23. The summed E-state index contributed by atoms with van der Waals surface area (Å²) in [5.74, 6) is -0.231. The van der Waals surface area contributed by atoms with Crippen molar-refractivity contribution in [1.29, 1.82) is 0 Å². The number of hydrogen-bond acceptors (Lipinski definition) is 6. The number of aliphatic hydroxyl groups is 1. The third-order valence-electron chi connectivity index (χ3n) is 2.96. The molecule has 24 heavy (non-hydrogen) atoms. The standard InChI is InChI=1S/C17H25NO6/c1-6-23-15(20)13(18-16(21)24-17(2,3)4)14(19)11-8-7-9-12(10-11)22-5/h7-10,13-14,19H,6H2,1-5H3,(H,18,21)/t13-,14+/m1/s1. The van der Waals surface area contributed by atoms with Crippen LogP contribution >= 0.6 is 0 Å². The number of esters is 1. The van der Waals surface area contributed by atoms with Gasteiger partial charge >= 0.3 is 12.1 Å². The molecule has 0 fully saturated rings. The Balaban J connectivity index is 2.99. The van der Waals surface area contributed by atoms with Gasteiger partial charge in [0, 0.05) is 0 Å². The van der Waals surface area contributed by atoms with E-state index in [-0.39, 0.29) is 6.61 Å². The van der Waals surface area contributed by atoms with Gasteiger partial charge in [-0.25, -0.2) is 9.59 Å². The first-order valence-electron chi connectivity index (χ1n) is 7.66. The number of carbonyl (C=O) groups is 2. The van der Waals surface area contributed by atoms with Crippen molar-refractivity contribution >= 4 is 12.1 Å². The molecule has 0 radical (unpaired) electrons. The molecular formula is C17H25NO6. The third-order valence-corrected chi connectivity index (χ3v) is 2.96. The minimum atomic E-state index is -1.31. The molecule has 0 saturated carbocycles. The molecule has 7 heteroatoms. The Morgan fingerprint density at radius 1 is 1.29 bits per heavy atom. The molecule has 2 atom stereocenters. The predicted molar refractivity (Wildman–Crippen MR) is 87.7 cm³/mol. The number of hydrogen-bond donors (Lipinski definition) is 2. The van der Waals surface area contributed by atoms with Crippen LogP contribution in [0.25, 0.3) is 0 Å². The van der Waals surface area contributed by atoms with Gasteiger partial charge in [-0.05, 0) is 45.4 Å². The lowest BCUT2D eigenvalue weighted by Gasteiger charge is -2.25. The monoisotopic (exact) mass is 339 g/mol. The molecular weight excluding hydrogens is 314 g/mol. The van der Waals surface area contributed by atoms with E-state index in [4.69, 9.17) is 14.2 Å². The van der Waals surface area contributed by atoms with Gasteiger partial charge in [-0.3, -0.25) is 0 Å². The smallest absolute Gasteiger partial charge is 0.408 e. The maximum absolute atomic E-state index is 12.1. The van der Waals surface area contributed by atoms with Crippen LogP contribution in [0, 0.1) is 0 Å². The zero-order valence-electron chi connectivity index (χ0n) is 14.7. The van der Waals surface area contributed by atoms with E-state index in [1.165, 1.54) is 7.11 Å².